The molecule has 0 aromatic heterocycles. The van der Waals surface area contributed by atoms with Crippen LogP contribution in [0.15, 0.2) is 65.6 Å². The molecule has 0 N–H and O–H groups in total. The number of hydrogen-bond donors (Lipinski definition) is 0. The van der Waals surface area contributed by atoms with E-state index >= 15 is 0 Å². The van der Waals surface area contributed by atoms with Gasteiger partial charge in [-0.05, 0) is 53.0 Å². The Morgan fingerprint density at radius 1 is 0.826 bits per heavy atom. The lowest BCUT2D eigenvalue weighted by Gasteiger charge is -2.11. The molecule has 0 aliphatic heterocycles. The third-order valence-electron chi connectivity index (χ3n) is 3.93. The zero-order valence-corrected chi connectivity index (χ0v) is 13.9. The summed E-state index contributed by atoms with van der Waals surface area (Å²) in [6.45, 7) is 0. The van der Waals surface area contributed by atoms with Gasteiger partial charge in [0.25, 0.3) is 0 Å². The van der Waals surface area contributed by atoms with Gasteiger partial charge in [0.15, 0.2) is 9.84 Å². The average Bonchev–Trinajstić information content (AvgIpc) is 3.04. The van der Waals surface area contributed by atoms with Gasteiger partial charge in [0.2, 0.25) is 0 Å². The van der Waals surface area contributed by atoms with E-state index in [2.05, 4.69) is 12.2 Å². The fraction of sp³-hybridized carbons (Fsp3) is 0.158. The largest absolute Gasteiger partial charge is 0.497 e. The van der Waals surface area contributed by atoms with Crippen LogP contribution in [0.1, 0.15) is 17.5 Å². The van der Waals surface area contributed by atoms with Gasteiger partial charge in [-0.2, -0.15) is 0 Å². The predicted octanol–water partition coefficient (Wildman–Crippen LogP) is 3.97. The van der Waals surface area contributed by atoms with E-state index in [0.717, 1.165) is 28.9 Å². The number of benzene rings is 2. The lowest BCUT2D eigenvalue weighted by molar-refractivity contribution is 0.415. The lowest BCUT2D eigenvalue weighted by Crippen LogP contribution is -1.97. The summed E-state index contributed by atoms with van der Waals surface area (Å²) < 4.78 is 28.3. The van der Waals surface area contributed by atoms with Gasteiger partial charge in [-0.1, -0.05) is 36.4 Å². The Labute approximate surface area is 136 Å². The summed E-state index contributed by atoms with van der Waals surface area (Å²) in [7, 11) is -1.51. The highest BCUT2D eigenvalue weighted by Gasteiger charge is 2.15. The van der Waals surface area contributed by atoms with Crippen LogP contribution in [0.5, 0.6) is 5.75 Å². The van der Waals surface area contributed by atoms with Crippen LogP contribution in [-0.4, -0.2) is 21.8 Å². The van der Waals surface area contributed by atoms with E-state index in [1.165, 1.54) is 11.8 Å². The normalized spacial score (nSPS) is 14.3. The summed E-state index contributed by atoms with van der Waals surface area (Å²) in [5.74, 6) is 0.829. The molecule has 0 atom stereocenters. The van der Waals surface area contributed by atoms with Crippen molar-refractivity contribution >= 4 is 21.0 Å². The van der Waals surface area contributed by atoms with Crippen LogP contribution < -0.4 is 4.74 Å². The first-order valence-electron chi connectivity index (χ1n) is 7.34. The zero-order valence-electron chi connectivity index (χ0n) is 13.1. The molecule has 118 valence electrons. The first-order valence-corrected chi connectivity index (χ1v) is 9.24. The Morgan fingerprint density at radius 2 is 1.30 bits per heavy atom. The quantitative estimate of drug-likeness (QED) is 0.854. The van der Waals surface area contributed by atoms with Crippen molar-refractivity contribution in [2.75, 3.05) is 13.4 Å². The summed E-state index contributed by atoms with van der Waals surface area (Å²) in [5, 5.41) is 0. The Hall–Kier alpha value is -2.33. The van der Waals surface area contributed by atoms with Crippen LogP contribution in [0, 0.1) is 0 Å². The summed E-state index contributed by atoms with van der Waals surface area (Å²) in [5.41, 5.74) is 4.45. The number of rotatable bonds is 4. The van der Waals surface area contributed by atoms with Crippen molar-refractivity contribution in [2.24, 2.45) is 0 Å². The number of ether oxygens (including phenoxy) is 1. The van der Waals surface area contributed by atoms with Crippen molar-refractivity contribution in [3.8, 4) is 5.75 Å². The molecule has 23 heavy (non-hydrogen) atoms. The van der Waals surface area contributed by atoms with Crippen molar-refractivity contribution in [3.63, 3.8) is 0 Å². The minimum absolute atomic E-state index is 0.342. The molecular weight excluding hydrogens is 308 g/mol. The van der Waals surface area contributed by atoms with E-state index < -0.39 is 9.84 Å². The molecule has 0 saturated heterocycles. The maximum atomic E-state index is 11.6. The highest BCUT2D eigenvalue weighted by Crippen LogP contribution is 2.36. The third-order valence-corrected chi connectivity index (χ3v) is 5.06. The SMILES string of the molecule is COc1ccc(C2=CCC=C2c2ccc(S(C)(=O)=O)cc2)cc1. The van der Waals surface area contributed by atoms with Gasteiger partial charge < -0.3 is 4.74 Å². The van der Waals surface area contributed by atoms with Crippen LogP contribution in [0.4, 0.5) is 0 Å². The first-order chi connectivity index (χ1) is 11.0. The second-order valence-corrected chi connectivity index (χ2v) is 7.51. The van der Waals surface area contributed by atoms with Crippen LogP contribution >= 0.6 is 0 Å². The van der Waals surface area contributed by atoms with Gasteiger partial charge >= 0.3 is 0 Å². The van der Waals surface area contributed by atoms with Crippen molar-refractivity contribution in [1.29, 1.82) is 0 Å². The second-order valence-electron chi connectivity index (χ2n) is 5.50. The molecule has 0 heterocycles. The summed E-state index contributed by atoms with van der Waals surface area (Å²) >= 11 is 0. The molecule has 3 nitrogen and oxygen atoms in total. The van der Waals surface area contributed by atoms with Crippen molar-refractivity contribution in [2.45, 2.75) is 11.3 Å². The molecule has 1 aliphatic carbocycles. The van der Waals surface area contributed by atoms with Crippen LogP contribution in [0.2, 0.25) is 0 Å². The summed E-state index contributed by atoms with van der Waals surface area (Å²) in [6, 6.07) is 15.0. The third kappa shape index (κ3) is 3.22. The van der Waals surface area contributed by atoms with Gasteiger partial charge in [-0.15, -0.1) is 0 Å². The van der Waals surface area contributed by atoms with Gasteiger partial charge in [-0.3, -0.25) is 0 Å². The predicted molar refractivity (Wildman–Crippen MR) is 93.1 cm³/mol. The molecule has 2 aromatic rings. The van der Waals surface area contributed by atoms with E-state index in [4.69, 9.17) is 4.74 Å². The highest BCUT2D eigenvalue weighted by atomic mass is 32.2. The van der Waals surface area contributed by atoms with Crippen LogP contribution in [0.3, 0.4) is 0 Å². The van der Waals surface area contributed by atoms with E-state index in [0.29, 0.717) is 4.90 Å². The molecule has 0 fully saturated rings. The lowest BCUT2D eigenvalue weighted by atomic mass is 9.95. The topological polar surface area (TPSA) is 43.4 Å². The van der Waals surface area contributed by atoms with Crippen molar-refractivity contribution in [3.05, 3.63) is 71.8 Å². The minimum Gasteiger partial charge on any atom is -0.497 e. The molecule has 3 rings (SSSR count). The van der Waals surface area contributed by atoms with E-state index in [9.17, 15) is 8.42 Å². The molecule has 0 unspecified atom stereocenters. The van der Waals surface area contributed by atoms with Crippen molar-refractivity contribution in [1.82, 2.24) is 0 Å². The Bertz CT molecular complexity index is 871. The number of methoxy groups -OCH3 is 1. The highest BCUT2D eigenvalue weighted by molar-refractivity contribution is 7.90. The first kappa shape index (κ1) is 15.6. The smallest absolute Gasteiger partial charge is 0.175 e. The van der Waals surface area contributed by atoms with Crippen LogP contribution in [-0.2, 0) is 9.84 Å². The van der Waals surface area contributed by atoms with E-state index in [1.807, 2.05) is 36.4 Å². The fourth-order valence-corrected chi connectivity index (χ4v) is 3.34. The fourth-order valence-electron chi connectivity index (χ4n) is 2.71. The Morgan fingerprint density at radius 3 is 1.74 bits per heavy atom. The Kier molecular flexibility index (Phi) is 4.09. The van der Waals surface area contributed by atoms with Crippen LogP contribution in [0.25, 0.3) is 11.1 Å². The molecule has 0 radical (unpaired) electrons. The second kappa shape index (κ2) is 6.05. The Balaban J connectivity index is 1.92. The number of allylic oxidation sites excluding steroid dienone is 4. The molecule has 0 spiro atoms. The molecule has 0 bridgehead atoms. The maximum absolute atomic E-state index is 11.6. The van der Waals surface area contributed by atoms with Crippen molar-refractivity contribution < 1.29 is 13.2 Å². The summed E-state index contributed by atoms with van der Waals surface area (Å²) in [6.07, 6.45) is 6.45. The van der Waals surface area contributed by atoms with E-state index in [-0.39, 0.29) is 0 Å². The molecular formula is C19H18O3S. The molecule has 2 aromatic carbocycles. The zero-order chi connectivity index (χ0) is 16.4. The molecule has 4 heteroatoms. The molecule has 0 saturated carbocycles. The standard InChI is InChI=1S/C19H18O3S/c1-22-16-10-6-14(7-11-16)18-4-3-5-19(18)15-8-12-17(13-9-15)23(2,20)21/h4-13H,3H2,1-2H3. The minimum atomic E-state index is -3.16. The van der Waals surface area contributed by atoms with Gasteiger partial charge in [0.1, 0.15) is 5.75 Å². The maximum Gasteiger partial charge on any atom is 0.175 e. The average molecular weight is 326 g/mol. The number of hydrogen-bond acceptors (Lipinski definition) is 3. The van der Waals surface area contributed by atoms with Gasteiger partial charge in [-0.25, -0.2) is 8.42 Å². The molecule has 1 aliphatic rings. The molecule has 0 amide bonds. The summed E-state index contributed by atoms with van der Waals surface area (Å²) in [4.78, 5) is 0.342. The van der Waals surface area contributed by atoms with Gasteiger partial charge in [0.05, 0.1) is 12.0 Å². The number of sulfone groups is 1. The van der Waals surface area contributed by atoms with Gasteiger partial charge in [0, 0.05) is 6.26 Å². The van der Waals surface area contributed by atoms with E-state index in [1.54, 1.807) is 19.2 Å². The monoisotopic (exact) mass is 326 g/mol.